The molecular formula is C20H25ClN4O. The molecule has 0 saturated carbocycles. The molecule has 0 fully saturated rings. The standard InChI is InChI=1S/C20H25ClN4O/c1-5-17(26)25-7-6-16-15(11-25)18-14(13(9-22)10-23-3)8-12(2)19(21)20(18)24(16)4/h8-10H,5-7,11,22H2,1-4H3. The monoisotopic (exact) mass is 372 g/mol. The Bertz CT molecular complexity index is 939. The Labute approximate surface area is 159 Å². The van der Waals surface area contributed by atoms with Gasteiger partial charge in [0.05, 0.1) is 10.5 Å². The first kappa shape index (κ1) is 18.5. The van der Waals surface area contributed by atoms with Gasteiger partial charge in [0.25, 0.3) is 0 Å². The van der Waals surface area contributed by atoms with E-state index in [0.717, 1.165) is 51.2 Å². The van der Waals surface area contributed by atoms with Gasteiger partial charge in [-0.15, -0.1) is 0 Å². The SMILES string of the molecule is CCC(=O)N1CCc2c(c3c(C(C=NC)=CN)cc(C)c(Cl)c3n2C)C1. The fourth-order valence-electron chi connectivity index (χ4n) is 3.88. The molecular weight excluding hydrogens is 348 g/mol. The van der Waals surface area contributed by atoms with E-state index in [4.69, 9.17) is 17.3 Å². The predicted molar refractivity (Wildman–Crippen MR) is 109 cm³/mol. The maximum absolute atomic E-state index is 12.3. The molecule has 138 valence electrons. The van der Waals surface area contributed by atoms with Crippen molar-refractivity contribution in [3.05, 3.63) is 39.7 Å². The van der Waals surface area contributed by atoms with Crippen LogP contribution in [0.4, 0.5) is 0 Å². The van der Waals surface area contributed by atoms with Gasteiger partial charge in [-0.25, -0.2) is 0 Å². The zero-order valence-corrected chi connectivity index (χ0v) is 16.5. The molecule has 2 heterocycles. The minimum absolute atomic E-state index is 0.178. The van der Waals surface area contributed by atoms with Crippen molar-refractivity contribution in [1.29, 1.82) is 0 Å². The number of aliphatic imine (C=N–C) groups is 1. The number of hydrogen-bond acceptors (Lipinski definition) is 3. The summed E-state index contributed by atoms with van der Waals surface area (Å²) in [6, 6.07) is 2.06. The lowest BCUT2D eigenvalue weighted by molar-refractivity contribution is -0.131. The molecule has 1 aliphatic heterocycles. The molecule has 6 heteroatoms. The van der Waals surface area contributed by atoms with E-state index in [-0.39, 0.29) is 5.91 Å². The van der Waals surface area contributed by atoms with Crippen LogP contribution in [-0.2, 0) is 24.8 Å². The van der Waals surface area contributed by atoms with E-state index in [1.165, 1.54) is 5.69 Å². The molecule has 3 rings (SSSR count). The molecule has 0 spiro atoms. The van der Waals surface area contributed by atoms with Crippen molar-refractivity contribution in [2.75, 3.05) is 13.6 Å². The van der Waals surface area contributed by atoms with E-state index in [1.54, 1.807) is 19.5 Å². The van der Waals surface area contributed by atoms with Gasteiger partial charge in [-0.2, -0.15) is 0 Å². The maximum Gasteiger partial charge on any atom is 0.222 e. The summed E-state index contributed by atoms with van der Waals surface area (Å²) in [5.74, 6) is 0.178. The molecule has 0 radical (unpaired) electrons. The van der Waals surface area contributed by atoms with Crippen LogP contribution < -0.4 is 5.73 Å². The van der Waals surface area contributed by atoms with E-state index in [1.807, 2.05) is 25.8 Å². The normalized spacial score (nSPS) is 15.1. The Morgan fingerprint density at radius 1 is 1.46 bits per heavy atom. The van der Waals surface area contributed by atoms with Crippen molar-refractivity contribution in [2.24, 2.45) is 17.8 Å². The first-order valence-corrected chi connectivity index (χ1v) is 9.23. The van der Waals surface area contributed by atoms with E-state index in [2.05, 4.69) is 15.6 Å². The third-order valence-corrected chi connectivity index (χ3v) is 5.67. The molecule has 26 heavy (non-hydrogen) atoms. The maximum atomic E-state index is 12.3. The number of hydrogen-bond donors (Lipinski definition) is 1. The Balaban J connectivity index is 2.34. The Morgan fingerprint density at radius 3 is 2.81 bits per heavy atom. The molecule has 1 aromatic carbocycles. The van der Waals surface area contributed by atoms with Crippen LogP contribution >= 0.6 is 11.6 Å². The van der Waals surface area contributed by atoms with E-state index >= 15 is 0 Å². The summed E-state index contributed by atoms with van der Waals surface area (Å²) < 4.78 is 2.18. The highest BCUT2D eigenvalue weighted by atomic mass is 35.5. The van der Waals surface area contributed by atoms with Gasteiger partial charge in [0.2, 0.25) is 5.91 Å². The number of aryl methyl sites for hydroxylation is 2. The van der Waals surface area contributed by atoms with Crippen LogP contribution in [0.2, 0.25) is 5.02 Å². The van der Waals surface area contributed by atoms with Crippen LogP contribution in [0.15, 0.2) is 17.3 Å². The highest BCUT2D eigenvalue weighted by molar-refractivity contribution is 6.37. The number of nitrogens with two attached hydrogens (primary N) is 1. The summed E-state index contributed by atoms with van der Waals surface area (Å²) >= 11 is 6.69. The number of fused-ring (bicyclic) bond motifs is 3. The smallest absolute Gasteiger partial charge is 0.222 e. The van der Waals surface area contributed by atoms with Crippen LogP contribution in [0.5, 0.6) is 0 Å². The van der Waals surface area contributed by atoms with Crippen molar-refractivity contribution in [3.8, 4) is 0 Å². The van der Waals surface area contributed by atoms with Crippen molar-refractivity contribution in [1.82, 2.24) is 9.47 Å². The number of allylic oxidation sites excluding steroid dienone is 1. The zero-order valence-electron chi connectivity index (χ0n) is 15.8. The average Bonchev–Trinajstić information content (AvgIpc) is 2.94. The highest BCUT2D eigenvalue weighted by Gasteiger charge is 2.28. The van der Waals surface area contributed by atoms with Gasteiger partial charge in [0.15, 0.2) is 0 Å². The van der Waals surface area contributed by atoms with Gasteiger partial charge >= 0.3 is 0 Å². The second-order valence-electron chi connectivity index (χ2n) is 6.69. The second kappa shape index (κ2) is 7.16. The third kappa shape index (κ3) is 2.80. The predicted octanol–water partition coefficient (Wildman–Crippen LogP) is 3.44. The summed E-state index contributed by atoms with van der Waals surface area (Å²) in [4.78, 5) is 18.3. The Kier molecular flexibility index (Phi) is 5.10. The number of amides is 1. The van der Waals surface area contributed by atoms with Gasteiger partial charge in [0, 0.05) is 74.7 Å². The second-order valence-corrected chi connectivity index (χ2v) is 7.07. The van der Waals surface area contributed by atoms with Gasteiger partial charge in [-0.1, -0.05) is 18.5 Å². The molecule has 2 aromatic rings. The van der Waals surface area contributed by atoms with E-state index in [0.29, 0.717) is 13.0 Å². The van der Waals surface area contributed by atoms with Crippen molar-refractivity contribution in [2.45, 2.75) is 33.2 Å². The molecule has 2 N–H and O–H groups in total. The van der Waals surface area contributed by atoms with E-state index in [9.17, 15) is 4.79 Å². The largest absolute Gasteiger partial charge is 0.404 e. The van der Waals surface area contributed by atoms with Crippen LogP contribution in [0.3, 0.4) is 0 Å². The minimum Gasteiger partial charge on any atom is -0.404 e. The fourth-order valence-corrected chi connectivity index (χ4v) is 4.16. The summed E-state index contributed by atoms with van der Waals surface area (Å²) in [7, 11) is 3.78. The van der Waals surface area contributed by atoms with Crippen LogP contribution in [0.1, 0.15) is 35.7 Å². The van der Waals surface area contributed by atoms with Crippen molar-refractivity contribution in [3.63, 3.8) is 0 Å². The first-order chi connectivity index (χ1) is 12.4. The Morgan fingerprint density at radius 2 is 2.19 bits per heavy atom. The van der Waals surface area contributed by atoms with Crippen molar-refractivity contribution < 1.29 is 4.79 Å². The summed E-state index contributed by atoms with van der Waals surface area (Å²) in [6.07, 6.45) is 4.68. The van der Waals surface area contributed by atoms with Gasteiger partial charge in [-0.3, -0.25) is 9.79 Å². The topological polar surface area (TPSA) is 63.6 Å². The first-order valence-electron chi connectivity index (χ1n) is 8.85. The van der Waals surface area contributed by atoms with Crippen molar-refractivity contribution >= 4 is 40.2 Å². The number of benzene rings is 1. The molecule has 1 amide bonds. The summed E-state index contributed by atoms with van der Waals surface area (Å²) in [6.45, 7) is 5.25. The molecule has 1 aromatic heterocycles. The molecule has 0 bridgehead atoms. The number of carbonyl (C=O) groups excluding carboxylic acids is 1. The lowest BCUT2D eigenvalue weighted by atomic mass is 9.95. The summed E-state index contributed by atoms with van der Waals surface area (Å²) in [5.41, 5.74) is 12.2. The van der Waals surface area contributed by atoms with Crippen LogP contribution in [0, 0.1) is 6.92 Å². The fraction of sp³-hybridized carbons (Fsp3) is 0.400. The lowest BCUT2D eigenvalue weighted by Gasteiger charge is -2.28. The molecule has 0 saturated heterocycles. The number of rotatable bonds is 3. The van der Waals surface area contributed by atoms with Gasteiger partial charge in [0.1, 0.15) is 0 Å². The molecule has 0 atom stereocenters. The molecule has 5 nitrogen and oxygen atoms in total. The quantitative estimate of drug-likeness (QED) is 0.839. The molecule has 1 aliphatic rings. The average molecular weight is 373 g/mol. The van der Waals surface area contributed by atoms with Crippen LogP contribution in [0.25, 0.3) is 16.5 Å². The molecule has 0 unspecified atom stereocenters. The number of aromatic nitrogens is 1. The van der Waals surface area contributed by atoms with Gasteiger partial charge < -0.3 is 15.2 Å². The summed E-state index contributed by atoms with van der Waals surface area (Å²) in [5, 5.41) is 1.82. The third-order valence-electron chi connectivity index (χ3n) is 5.19. The lowest BCUT2D eigenvalue weighted by Crippen LogP contribution is -2.35. The minimum atomic E-state index is 0.178. The Hall–Kier alpha value is -2.27. The number of carbonyl (C=O) groups is 1. The van der Waals surface area contributed by atoms with E-state index < -0.39 is 0 Å². The highest BCUT2D eigenvalue weighted by Crippen LogP contribution is 2.40. The number of halogens is 1. The zero-order chi connectivity index (χ0) is 19.0. The van der Waals surface area contributed by atoms with Crippen LogP contribution in [-0.4, -0.2) is 35.2 Å². The van der Waals surface area contributed by atoms with Gasteiger partial charge in [-0.05, 0) is 24.1 Å². The molecule has 0 aliphatic carbocycles. The number of nitrogens with zero attached hydrogens (tertiary/aromatic N) is 3.